The molecule has 108 valence electrons. The van der Waals surface area contributed by atoms with Gasteiger partial charge in [0.1, 0.15) is 0 Å². The van der Waals surface area contributed by atoms with Crippen LogP contribution in [0.25, 0.3) is 0 Å². The molecule has 1 fully saturated rings. The summed E-state index contributed by atoms with van der Waals surface area (Å²) >= 11 is 0. The fourth-order valence-electron chi connectivity index (χ4n) is 2.98. The van der Waals surface area contributed by atoms with Gasteiger partial charge in [0.15, 0.2) is 0 Å². The van der Waals surface area contributed by atoms with Gasteiger partial charge in [0, 0.05) is 0 Å². The molecule has 1 aliphatic rings. The Morgan fingerprint density at radius 2 is 2.11 bits per heavy atom. The Bertz CT molecular complexity index is 379. The molecule has 3 heteroatoms. The van der Waals surface area contributed by atoms with Crippen LogP contribution in [0.4, 0.5) is 0 Å². The number of hydrogen-bond donors (Lipinski definition) is 0. The first-order valence-corrected chi connectivity index (χ1v) is 7.19. The van der Waals surface area contributed by atoms with E-state index >= 15 is 0 Å². The molecule has 3 nitrogen and oxygen atoms in total. The number of carbonyl (C=O) groups excluding carboxylic acids is 2. The van der Waals surface area contributed by atoms with E-state index in [0.717, 1.165) is 6.42 Å². The molecule has 0 amide bonds. The van der Waals surface area contributed by atoms with Gasteiger partial charge in [0.2, 0.25) is 0 Å². The van der Waals surface area contributed by atoms with E-state index < -0.39 is 5.97 Å². The van der Waals surface area contributed by atoms with Gasteiger partial charge in [-0.2, -0.15) is 0 Å². The van der Waals surface area contributed by atoms with Crippen molar-refractivity contribution in [3.05, 3.63) is 11.6 Å². The Kier molecular flexibility index (Phi) is 5.33. The SMILES string of the molecule is CCCC(C)C/C(C)=C/C(C)(C)C1CC(=O)OC1=O. The largest absolute Gasteiger partial charge is 0.393 e. The maximum absolute atomic E-state index is 11.7. The molecule has 2 unspecified atom stereocenters. The molecular weight excluding hydrogens is 240 g/mol. The monoisotopic (exact) mass is 266 g/mol. The molecule has 2 atom stereocenters. The molecule has 1 saturated heterocycles. The van der Waals surface area contributed by atoms with Crippen LogP contribution in [0.3, 0.4) is 0 Å². The van der Waals surface area contributed by atoms with Crippen molar-refractivity contribution in [3.63, 3.8) is 0 Å². The lowest BCUT2D eigenvalue weighted by Crippen LogP contribution is -2.26. The van der Waals surface area contributed by atoms with Crippen molar-refractivity contribution < 1.29 is 14.3 Å². The lowest BCUT2D eigenvalue weighted by atomic mass is 9.76. The van der Waals surface area contributed by atoms with Crippen LogP contribution >= 0.6 is 0 Å². The maximum Gasteiger partial charge on any atom is 0.318 e. The normalized spacial score (nSPS) is 22.6. The Morgan fingerprint density at radius 1 is 1.47 bits per heavy atom. The van der Waals surface area contributed by atoms with Crippen molar-refractivity contribution in [3.8, 4) is 0 Å². The number of ether oxygens (including phenoxy) is 1. The average molecular weight is 266 g/mol. The van der Waals surface area contributed by atoms with E-state index in [1.165, 1.54) is 18.4 Å². The van der Waals surface area contributed by atoms with Gasteiger partial charge in [0.05, 0.1) is 12.3 Å². The van der Waals surface area contributed by atoms with Crippen LogP contribution in [0.5, 0.6) is 0 Å². The third-order valence-corrected chi connectivity index (χ3v) is 3.84. The molecule has 0 saturated carbocycles. The molecule has 1 aliphatic heterocycles. The molecule has 0 radical (unpaired) electrons. The predicted molar refractivity (Wildman–Crippen MR) is 75.4 cm³/mol. The molecule has 0 bridgehead atoms. The molecule has 0 N–H and O–H groups in total. The number of allylic oxidation sites excluding steroid dienone is 2. The molecular formula is C16H26O3. The smallest absolute Gasteiger partial charge is 0.318 e. The van der Waals surface area contributed by atoms with Gasteiger partial charge in [-0.15, -0.1) is 0 Å². The molecule has 0 aliphatic carbocycles. The lowest BCUT2D eigenvalue weighted by molar-refractivity contribution is -0.153. The maximum atomic E-state index is 11.7. The van der Waals surface area contributed by atoms with Gasteiger partial charge < -0.3 is 4.74 Å². The van der Waals surface area contributed by atoms with Crippen LogP contribution < -0.4 is 0 Å². The summed E-state index contributed by atoms with van der Waals surface area (Å²) in [5, 5.41) is 0. The van der Waals surface area contributed by atoms with Crippen LogP contribution in [0.1, 0.15) is 60.3 Å². The Hall–Kier alpha value is -1.12. The summed E-state index contributed by atoms with van der Waals surface area (Å²) in [5.74, 6) is -0.445. The Balaban J connectivity index is 2.71. The van der Waals surface area contributed by atoms with E-state index in [4.69, 9.17) is 0 Å². The second-order valence-electron chi connectivity index (χ2n) is 6.46. The second-order valence-corrected chi connectivity index (χ2v) is 6.46. The quantitative estimate of drug-likeness (QED) is 0.416. The van der Waals surface area contributed by atoms with Gasteiger partial charge in [-0.3, -0.25) is 9.59 Å². The van der Waals surface area contributed by atoms with Crippen LogP contribution in [-0.2, 0) is 14.3 Å². The minimum Gasteiger partial charge on any atom is -0.393 e. The third-order valence-electron chi connectivity index (χ3n) is 3.84. The third kappa shape index (κ3) is 4.48. The predicted octanol–water partition coefficient (Wildman–Crippen LogP) is 3.87. The van der Waals surface area contributed by atoms with Crippen LogP contribution in [0, 0.1) is 17.3 Å². The number of rotatable bonds is 6. The highest BCUT2D eigenvalue weighted by Crippen LogP contribution is 2.37. The van der Waals surface area contributed by atoms with E-state index in [1.807, 2.05) is 13.8 Å². The average Bonchev–Trinajstić information content (AvgIpc) is 2.57. The fraction of sp³-hybridized carbons (Fsp3) is 0.750. The van der Waals surface area contributed by atoms with Crippen LogP contribution in [0.2, 0.25) is 0 Å². The van der Waals surface area contributed by atoms with Crippen molar-refractivity contribution in [2.24, 2.45) is 17.3 Å². The van der Waals surface area contributed by atoms with Crippen LogP contribution in [-0.4, -0.2) is 11.9 Å². The summed E-state index contributed by atoms with van der Waals surface area (Å²) < 4.78 is 4.65. The molecule has 1 rings (SSSR count). The first-order valence-electron chi connectivity index (χ1n) is 7.19. The first kappa shape index (κ1) is 15.9. The van der Waals surface area contributed by atoms with Crippen molar-refractivity contribution in [2.75, 3.05) is 0 Å². The zero-order valence-electron chi connectivity index (χ0n) is 12.8. The van der Waals surface area contributed by atoms with E-state index in [1.54, 1.807) is 0 Å². The number of hydrogen-bond acceptors (Lipinski definition) is 3. The van der Waals surface area contributed by atoms with E-state index in [0.29, 0.717) is 5.92 Å². The Morgan fingerprint density at radius 3 is 2.58 bits per heavy atom. The molecule has 0 aromatic rings. The molecule has 1 heterocycles. The standard InChI is InChI=1S/C16H26O3/c1-6-7-11(2)8-12(3)10-16(4,5)13-9-14(17)19-15(13)18/h10-11,13H,6-9H2,1-5H3/b12-10+. The van der Waals surface area contributed by atoms with Gasteiger partial charge in [-0.1, -0.05) is 52.2 Å². The summed E-state index contributed by atoms with van der Waals surface area (Å²) in [6.07, 6.45) is 5.81. The minimum atomic E-state index is -0.395. The van der Waals surface area contributed by atoms with Crippen molar-refractivity contribution in [2.45, 2.75) is 60.3 Å². The summed E-state index contributed by atoms with van der Waals surface area (Å²) in [6.45, 7) is 10.6. The van der Waals surface area contributed by atoms with Crippen molar-refractivity contribution in [1.29, 1.82) is 0 Å². The topological polar surface area (TPSA) is 43.4 Å². The van der Waals surface area contributed by atoms with Crippen LogP contribution in [0.15, 0.2) is 11.6 Å². The highest BCUT2D eigenvalue weighted by Gasteiger charge is 2.42. The van der Waals surface area contributed by atoms with E-state index in [2.05, 4.69) is 31.6 Å². The Labute approximate surface area is 116 Å². The summed E-state index contributed by atoms with van der Waals surface area (Å²) in [4.78, 5) is 22.9. The molecule has 0 spiro atoms. The van der Waals surface area contributed by atoms with Crippen molar-refractivity contribution >= 4 is 11.9 Å². The molecule has 19 heavy (non-hydrogen) atoms. The molecule has 0 aromatic carbocycles. The second kappa shape index (κ2) is 6.36. The molecule has 0 aromatic heterocycles. The number of esters is 2. The number of carbonyl (C=O) groups is 2. The highest BCUT2D eigenvalue weighted by molar-refractivity contribution is 5.95. The number of cyclic esters (lactones) is 2. The van der Waals surface area contributed by atoms with E-state index in [-0.39, 0.29) is 23.7 Å². The van der Waals surface area contributed by atoms with Gasteiger partial charge >= 0.3 is 11.9 Å². The zero-order valence-corrected chi connectivity index (χ0v) is 12.8. The highest BCUT2D eigenvalue weighted by atomic mass is 16.6. The lowest BCUT2D eigenvalue weighted by Gasteiger charge is -2.26. The first-order chi connectivity index (χ1) is 8.76. The van der Waals surface area contributed by atoms with Gasteiger partial charge in [-0.25, -0.2) is 0 Å². The van der Waals surface area contributed by atoms with Gasteiger partial charge in [0.25, 0.3) is 0 Å². The zero-order chi connectivity index (χ0) is 14.6. The van der Waals surface area contributed by atoms with Gasteiger partial charge in [-0.05, 0) is 24.7 Å². The summed E-state index contributed by atoms with van der Waals surface area (Å²) in [5.41, 5.74) is 0.970. The summed E-state index contributed by atoms with van der Waals surface area (Å²) in [7, 11) is 0. The van der Waals surface area contributed by atoms with E-state index in [9.17, 15) is 9.59 Å². The van der Waals surface area contributed by atoms with Crippen molar-refractivity contribution in [1.82, 2.24) is 0 Å². The minimum absolute atomic E-state index is 0.208. The fourth-order valence-corrected chi connectivity index (χ4v) is 2.98. The summed E-state index contributed by atoms with van der Waals surface area (Å²) in [6, 6.07) is 0.